The Morgan fingerprint density at radius 2 is 2.33 bits per heavy atom. The van der Waals surface area contributed by atoms with E-state index in [2.05, 4.69) is 20.5 Å². The van der Waals surface area contributed by atoms with E-state index < -0.39 is 18.1 Å². The van der Waals surface area contributed by atoms with Gasteiger partial charge >= 0.3 is 0 Å². The number of carbonyl (C=O) groups excluding carboxylic acids is 1. The summed E-state index contributed by atoms with van der Waals surface area (Å²) in [4.78, 5) is 15.2. The lowest BCUT2D eigenvalue weighted by atomic mass is 10.1. The van der Waals surface area contributed by atoms with Gasteiger partial charge in [-0.05, 0) is 13.8 Å². The number of aryl methyl sites for hydroxylation is 1. The molecule has 0 saturated heterocycles. The van der Waals surface area contributed by atoms with E-state index >= 15 is 0 Å². The van der Waals surface area contributed by atoms with Gasteiger partial charge in [-0.15, -0.1) is 5.10 Å². The normalized spacial score (nSPS) is 14.7. The van der Waals surface area contributed by atoms with Crippen molar-refractivity contribution in [2.24, 2.45) is 0 Å². The summed E-state index contributed by atoms with van der Waals surface area (Å²) < 4.78 is 0. The zero-order chi connectivity index (χ0) is 11.5. The Labute approximate surface area is 86.5 Å². The molecule has 1 unspecified atom stereocenters. The molecule has 0 aliphatic rings. The number of hydrogen-bond acceptors (Lipinski definition) is 5. The number of aliphatic hydroxyl groups excluding tert-OH is 1. The number of aliphatic hydroxyl groups is 2. The summed E-state index contributed by atoms with van der Waals surface area (Å²) in [5.41, 5.74) is -1.33. The van der Waals surface area contributed by atoms with Crippen LogP contribution in [0.3, 0.4) is 0 Å². The molecule has 0 bridgehead atoms. The third-order valence-electron chi connectivity index (χ3n) is 1.77. The zero-order valence-corrected chi connectivity index (χ0v) is 8.61. The quantitative estimate of drug-likeness (QED) is 0.492. The van der Waals surface area contributed by atoms with Crippen LogP contribution in [0.25, 0.3) is 0 Å². The molecule has 4 N–H and O–H groups in total. The maximum Gasteiger partial charge on any atom is 0.291 e. The number of amides is 1. The molecule has 1 atom stereocenters. The maximum atomic E-state index is 11.4. The van der Waals surface area contributed by atoms with E-state index in [1.165, 1.54) is 6.92 Å². The minimum absolute atomic E-state index is 0.0150. The smallest absolute Gasteiger partial charge is 0.291 e. The molecule has 1 aromatic heterocycles. The summed E-state index contributed by atoms with van der Waals surface area (Å²) >= 11 is 0. The van der Waals surface area contributed by atoms with Crippen molar-refractivity contribution in [3.8, 4) is 0 Å². The zero-order valence-electron chi connectivity index (χ0n) is 8.61. The summed E-state index contributed by atoms with van der Waals surface area (Å²) in [6.07, 6.45) is 0. The number of rotatable bonds is 4. The van der Waals surface area contributed by atoms with Crippen molar-refractivity contribution in [1.82, 2.24) is 20.5 Å². The second kappa shape index (κ2) is 4.37. The minimum Gasteiger partial charge on any atom is -0.393 e. The molecular weight excluding hydrogens is 200 g/mol. The fraction of sp³-hybridized carbons (Fsp3) is 0.625. The Morgan fingerprint density at radius 3 is 2.80 bits per heavy atom. The highest BCUT2D eigenvalue weighted by atomic mass is 16.3. The van der Waals surface area contributed by atoms with E-state index in [0.717, 1.165) is 0 Å². The minimum atomic E-state index is -1.33. The molecule has 0 spiro atoms. The number of nitrogens with zero attached hydrogens (tertiary/aromatic N) is 2. The summed E-state index contributed by atoms with van der Waals surface area (Å²) in [5, 5.41) is 26.7. The SMILES string of the molecule is Cc1nc(C(=O)NCC(C)(O)CO)n[nH]1. The molecule has 84 valence electrons. The number of aromatic nitrogens is 3. The Morgan fingerprint density at radius 1 is 1.67 bits per heavy atom. The van der Waals surface area contributed by atoms with Crippen LogP contribution in [0.1, 0.15) is 23.4 Å². The fourth-order valence-electron chi connectivity index (χ4n) is 0.850. The highest BCUT2D eigenvalue weighted by Gasteiger charge is 2.21. The summed E-state index contributed by atoms with van der Waals surface area (Å²) in [6, 6.07) is 0. The Hall–Kier alpha value is -1.47. The van der Waals surface area contributed by atoms with Gasteiger partial charge in [0.25, 0.3) is 5.91 Å². The van der Waals surface area contributed by atoms with Crippen LogP contribution in [0.4, 0.5) is 0 Å². The van der Waals surface area contributed by atoms with Gasteiger partial charge in [-0.1, -0.05) is 0 Å². The molecule has 7 heteroatoms. The monoisotopic (exact) mass is 214 g/mol. The van der Waals surface area contributed by atoms with Crippen molar-refractivity contribution in [2.75, 3.05) is 13.2 Å². The molecular formula is C8H14N4O3. The van der Waals surface area contributed by atoms with Gasteiger partial charge in [-0.2, -0.15) is 0 Å². The number of hydrogen-bond donors (Lipinski definition) is 4. The molecule has 1 aromatic rings. The van der Waals surface area contributed by atoms with Crippen LogP contribution in [0.2, 0.25) is 0 Å². The largest absolute Gasteiger partial charge is 0.393 e. The first-order valence-electron chi connectivity index (χ1n) is 4.45. The molecule has 0 fully saturated rings. The third kappa shape index (κ3) is 3.30. The molecule has 1 rings (SSSR count). The van der Waals surface area contributed by atoms with Crippen LogP contribution in [0, 0.1) is 6.92 Å². The van der Waals surface area contributed by atoms with E-state index in [-0.39, 0.29) is 12.4 Å². The lowest BCUT2D eigenvalue weighted by molar-refractivity contribution is 0.00312. The number of aromatic amines is 1. The lowest BCUT2D eigenvalue weighted by Crippen LogP contribution is -2.43. The van der Waals surface area contributed by atoms with Gasteiger partial charge < -0.3 is 15.5 Å². The van der Waals surface area contributed by atoms with Crippen molar-refractivity contribution in [3.05, 3.63) is 11.6 Å². The van der Waals surface area contributed by atoms with E-state index in [9.17, 15) is 9.90 Å². The summed E-state index contributed by atoms with van der Waals surface area (Å²) in [7, 11) is 0. The van der Waals surface area contributed by atoms with Crippen LogP contribution in [-0.2, 0) is 0 Å². The predicted molar refractivity (Wildman–Crippen MR) is 51.2 cm³/mol. The van der Waals surface area contributed by atoms with Gasteiger partial charge in [0.15, 0.2) is 0 Å². The van der Waals surface area contributed by atoms with Gasteiger partial charge in [-0.3, -0.25) is 9.89 Å². The molecule has 0 radical (unpaired) electrons. The van der Waals surface area contributed by atoms with Crippen molar-refractivity contribution >= 4 is 5.91 Å². The Balaban J connectivity index is 2.50. The van der Waals surface area contributed by atoms with Crippen LogP contribution >= 0.6 is 0 Å². The van der Waals surface area contributed by atoms with Gasteiger partial charge in [0, 0.05) is 6.54 Å². The standard InChI is InChI=1S/C8H14N4O3/c1-5-10-6(12-11-5)7(14)9-3-8(2,15)4-13/h13,15H,3-4H2,1-2H3,(H,9,14)(H,10,11,12). The molecule has 7 nitrogen and oxygen atoms in total. The predicted octanol–water partition coefficient (Wildman–Crippen LogP) is -1.41. The first-order chi connectivity index (χ1) is 6.94. The number of H-pyrrole nitrogens is 1. The number of nitrogens with one attached hydrogen (secondary N) is 2. The average Bonchev–Trinajstić information content (AvgIpc) is 2.61. The Bertz CT molecular complexity index is 347. The van der Waals surface area contributed by atoms with Crippen molar-refractivity contribution in [2.45, 2.75) is 19.4 Å². The van der Waals surface area contributed by atoms with Crippen LogP contribution in [-0.4, -0.2) is 50.1 Å². The molecule has 1 heterocycles. The van der Waals surface area contributed by atoms with Crippen molar-refractivity contribution in [1.29, 1.82) is 0 Å². The highest BCUT2D eigenvalue weighted by molar-refractivity contribution is 5.90. The van der Waals surface area contributed by atoms with Crippen LogP contribution < -0.4 is 5.32 Å². The highest BCUT2D eigenvalue weighted by Crippen LogP contribution is 1.99. The fourth-order valence-corrected chi connectivity index (χ4v) is 0.850. The molecule has 0 saturated carbocycles. The van der Waals surface area contributed by atoms with Gasteiger partial charge in [-0.25, -0.2) is 4.98 Å². The van der Waals surface area contributed by atoms with Gasteiger partial charge in [0.2, 0.25) is 5.82 Å². The van der Waals surface area contributed by atoms with E-state index in [1.807, 2.05) is 0 Å². The Kier molecular flexibility index (Phi) is 3.38. The second-order valence-electron chi connectivity index (χ2n) is 3.58. The van der Waals surface area contributed by atoms with Gasteiger partial charge in [0.1, 0.15) is 11.4 Å². The average molecular weight is 214 g/mol. The lowest BCUT2D eigenvalue weighted by Gasteiger charge is -2.19. The van der Waals surface area contributed by atoms with Gasteiger partial charge in [0.05, 0.1) is 6.61 Å². The number of carbonyl (C=O) groups is 1. The topological polar surface area (TPSA) is 111 Å². The van der Waals surface area contributed by atoms with Crippen molar-refractivity contribution < 1.29 is 15.0 Å². The first-order valence-corrected chi connectivity index (χ1v) is 4.45. The summed E-state index contributed by atoms with van der Waals surface area (Å²) in [6.45, 7) is 2.60. The summed E-state index contributed by atoms with van der Waals surface area (Å²) in [5.74, 6) is 0.0587. The maximum absolute atomic E-state index is 11.4. The van der Waals surface area contributed by atoms with Crippen LogP contribution in [0.15, 0.2) is 0 Å². The molecule has 0 aliphatic carbocycles. The molecule has 0 aliphatic heterocycles. The third-order valence-corrected chi connectivity index (χ3v) is 1.77. The molecule has 0 aromatic carbocycles. The second-order valence-corrected chi connectivity index (χ2v) is 3.58. The molecule has 1 amide bonds. The van der Waals surface area contributed by atoms with E-state index in [0.29, 0.717) is 5.82 Å². The molecule has 15 heavy (non-hydrogen) atoms. The first kappa shape index (κ1) is 11.6. The van der Waals surface area contributed by atoms with Crippen molar-refractivity contribution in [3.63, 3.8) is 0 Å². The van der Waals surface area contributed by atoms with E-state index in [4.69, 9.17) is 5.11 Å². The van der Waals surface area contributed by atoms with E-state index in [1.54, 1.807) is 6.92 Å². The van der Waals surface area contributed by atoms with Crippen LogP contribution in [0.5, 0.6) is 0 Å².